The summed E-state index contributed by atoms with van der Waals surface area (Å²) in [6.45, 7) is 87.4. The van der Waals surface area contributed by atoms with Gasteiger partial charge >= 0.3 is 0 Å². The Balaban J connectivity index is 0.000000567. The van der Waals surface area contributed by atoms with Gasteiger partial charge < -0.3 is 17.9 Å². The van der Waals surface area contributed by atoms with Crippen molar-refractivity contribution in [2.24, 2.45) is 17.5 Å². The third-order valence-corrected chi connectivity index (χ3v) is 19.1. The van der Waals surface area contributed by atoms with E-state index in [9.17, 15) is 0 Å². The molecule has 9 aromatic heterocycles. The molecular weight excluding hydrogens is 1340 g/mol. The monoisotopic (exact) mass is 1480 g/mol. The van der Waals surface area contributed by atoms with E-state index in [4.69, 9.17) is 17.9 Å². The minimum absolute atomic E-state index is 0.0846. The van der Waals surface area contributed by atoms with Crippen LogP contribution in [0.1, 0.15) is 307 Å². The third-order valence-electron chi connectivity index (χ3n) is 15.0. The van der Waals surface area contributed by atoms with Crippen LogP contribution in [-0.4, -0.2) is 61.0 Å². The molecule has 0 spiro atoms. The summed E-state index contributed by atoms with van der Waals surface area (Å²) >= 11 is 6.65. The second-order valence-electron chi connectivity index (χ2n) is 36.1. The van der Waals surface area contributed by atoms with Crippen molar-refractivity contribution in [2.45, 2.75) is 319 Å². The minimum Gasteiger partial charge on any atom is -0.449 e. The first-order chi connectivity index (χ1) is 46.0. The molecule has 0 unspecified atom stereocenters. The van der Waals surface area contributed by atoms with Crippen molar-refractivity contribution in [3.05, 3.63) is 178 Å². The van der Waals surface area contributed by atoms with Gasteiger partial charge in [-0.2, -0.15) is 13.8 Å². The lowest BCUT2D eigenvalue weighted by atomic mass is 9.84. The highest BCUT2D eigenvalue weighted by Gasteiger charge is 2.25. The Morgan fingerprint density at radius 2 is 1.04 bits per heavy atom. The van der Waals surface area contributed by atoms with Gasteiger partial charge in [0.15, 0.2) is 11.8 Å². The van der Waals surface area contributed by atoms with Crippen molar-refractivity contribution in [1.29, 1.82) is 0 Å². The van der Waals surface area contributed by atoms with Gasteiger partial charge in [0.05, 0.1) is 68.3 Å². The van der Waals surface area contributed by atoms with Gasteiger partial charge in [0.1, 0.15) is 24.0 Å². The first-order valence-electron chi connectivity index (χ1n) is 35.3. The molecule has 0 bridgehead atoms. The van der Waals surface area contributed by atoms with Gasteiger partial charge in [-0.3, -0.25) is 9.67 Å². The maximum Gasteiger partial charge on any atom is 0.191 e. The summed E-state index contributed by atoms with van der Waals surface area (Å²) in [5, 5.41) is 18.5. The Kier molecular flexibility index (Phi) is 35.5. The number of oxazole rings is 2. The standard InChI is InChI=1S/C10H15N.C9H16N2.4C8H13NO.4C8H13NS/c1-5-9-8(6-7-11-9)10(2,3)4;1-7-6-8(9(2,3)4)11(5)10-7;1-6-9-7(5-10-6)8(2,3)4;1-6-9-5-7(10-6)8(2,3)4;1-6-7(5-10-9-6)8(2,3)4;1-6-5-7(10-9-6)8(2,3)4;1-6-9-7(5-10-6)8(2,3)4;1-6-9-5-7(10-6)8(2,3)4;1-6-7(5-10-9-6)8(2,3)4;1-6-5-7(10-9-6)8(2,3)4/h5-6H,1,7H2,2-4H3;6H,1-5H3;8*5H,1-4H3. The first kappa shape index (κ1) is 93.7. The lowest BCUT2D eigenvalue weighted by Crippen LogP contribution is -2.16. The van der Waals surface area contributed by atoms with Gasteiger partial charge in [-0.25, -0.2) is 19.9 Å². The smallest absolute Gasteiger partial charge is 0.191 e. The number of hydrogen-bond donors (Lipinski definition) is 0. The van der Waals surface area contributed by atoms with E-state index >= 15 is 0 Å². The van der Waals surface area contributed by atoms with E-state index in [1.807, 2.05) is 85.5 Å². The van der Waals surface area contributed by atoms with Crippen LogP contribution in [0.3, 0.4) is 0 Å². The Labute approximate surface area is 634 Å². The van der Waals surface area contributed by atoms with Gasteiger partial charge in [0.25, 0.3) is 0 Å². The van der Waals surface area contributed by atoms with Gasteiger partial charge in [-0.05, 0) is 128 Å². The molecule has 570 valence electrons. The second-order valence-corrected chi connectivity index (χ2v) is 39.9. The number of allylic oxidation sites excluding steroid dienone is 2. The van der Waals surface area contributed by atoms with E-state index in [2.05, 4.69) is 299 Å². The summed E-state index contributed by atoms with van der Waals surface area (Å²) in [6.07, 6.45) is 11.2. The number of aliphatic imine (C=N–C) groups is 1. The molecule has 1 aliphatic rings. The molecule has 102 heavy (non-hydrogen) atoms. The lowest BCUT2D eigenvalue weighted by Gasteiger charge is -2.20. The molecule has 0 atom stereocenters. The number of hydrogen-bond acceptors (Lipinski definition) is 18. The molecule has 0 N–H and O–H groups in total. The highest BCUT2D eigenvalue weighted by atomic mass is 32.1. The van der Waals surface area contributed by atoms with Crippen LogP contribution in [0.25, 0.3) is 0 Å². The summed E-state index contributed by atoms with van der Waals surface area (Å²) in [6, 6.07) is 6.27. The van der Waals surface area contributed by atoms with Crippen molar-refractivity contribution < 1.29 is 17.9 Å². The van der Waals surface area contributed by atoms with Crippen LogP contribution in [0.4, 0.5) is 0 Å². The Morgan fingerprint density at radius 3 is 1.25 bits per heavy atom. The summed E-state index contributed by atoms with van der Waals surface area (Å²) in [5.41, 5.74) is 15.7. The maximum atomic E-state index is 5.34. The Hall–Kier alpha value is -6.28. The van der Waals surface area contributed by atoms with Crippen LogP contribution in [0, 0.1) is 67.7 Å². The minimum atomic E-state index is 0.0846. The normalized spacial score (nSPS) is 12.6. The zero-order valence-electron chi connectivity index (χ0n) is 71.0. The van der Waals surface area contributed by atoms with Crippen LogP contribution in [0.5, 0.6) is 0 Å². The number of aryl methyl sites for hydroxylation is 10. The molecule has 0 aliphatic carbocycles. The molecular formula is C83H135N11O4S4. The molecule has 15 nitrogen and oxygen atoms in total. The summed E-state index contributed by atoms with van der Waals surface area (Å²) in [7, 11) is 1.99. The highest BCUT2D eigenvalue weighted by Crippen LogP contribution is 2.32. The second kappa shape index (κ2) is 38.6. The van der Waals surface area contributed by atoms with Gasteiger partial charge in [-0.1, -0.05) is 231 Å². The predicted octanol–water partition coefficient (Wildman–Crippen LogP) is 24.7. The maximum absolute atomic E-state index is 5.34. The van der Waals surface area contributed by atoms with Gasteiger partial charge in [-0.15, -0.1) is 22.7 Å². The van der Waals surface area contributed by atoms with Crippen LogP contribution in [0.2, 0.25) is 0 Å². The van der Waals surface area contributed by atoms with Crippen molar-refractivity contribution in [1.82, 2.24) is 48.8 Å². The lowest BCUT2D eigenvalue weighted by molar-refractivity contribution is 0.327. The van der Waals surface area contributed by atoms with Crippen LogP contribution in [-0.2, 0) is 55.8 Å². The van der Waals surface area contributed by atoms with Crippen molar-refractivity contribution >= 4 is 51.5 Å². The fraction of sp³-hybridized carbons (Fsp3) is 0.614. The highest BCUT2D eigenvalue weighted by molar-refractivity contribution is 7.11. The Bertz CT molecular complexity index is 3500. The molecule has 0 amide bonds. The largest absolute Gasteiger partial charge is 0.449 e. The summed E-state index contributed by atoms with van der Waals surface area (Å²) in [4.78, 5) is 23.9. The van der Waals surface area contributed by atoms with Crippen molar-refractivity contribution in [2.75, 3.05) is 6.54 Å². The fourth-order valence-corrected chi connectivity index (χ4v) is 12.3. The molecule has 0 saturated heterocycles. The van der Waals surface area contributed by atoms with Crippen LogP contribution < -0.4 is 0 Å². The molecule has 0 saturated carbocycles. The molecule has 19 heteroatoms. The molecule has 10 rings (SSSR count). The van der Waals surface area contributed by atoms with E-state index in [1.165, 1.54) is 43.5 Å². The van der Waals surface area contributed by atoms with Gasteiger partial charge in [0, 0.05) is 92.0 Å². The van der Waals surface area contributed by atoms with E-state index in [-0.39, 0.29) is 54.1 Å². The molecule has 1 aliphatic heterocycles. The van der Waals surface area contributed by atoms with E-state index in [0.29, 0.717) is 0 Å². The van der Waals surface area contributed by atoms with Gasteiger partial charge in [0.2, 0.25) is 0 Å². The van der Waals surface area contributed by atoms with Crippen LogP contribution >= 0.6 is 45.7 Å². The topological polar surface area (TPSA) is 186 Å². The molecule has 9 aromatic rings. The molecule has 0 fully saturated rings. The Morgan fingerprint density at radius 1 is 0.480 bits per heavy atom. The van der Waals surface area contributed by atoms with Crippen LogP contribution in [0.15, 0.2) is 101 Å². The number of nitrogens with zero attached hydrogens (tertiary/aromatic N) is 11. The number of rotatable bonds is 1. The van der Waals surface area contributed by atoms with E-state index in [0.717, 1.165) is 74.0 Å². The zero-order valence-corrected chi connectivity index (χ0v) is 74.2. The SMILES string of the molecule is C=CC1=NCC=C1C(C)(C)C.Cc1cc(C(C)(C)C)n(C)n1.Cc1cc(C(C)(C)C)on1.Cc1cc(C(C)(C)C)sn1.Cc1nc(C(C)(C)C)co1.Cc1nc(C(C)(C)C)cs1.Cc1ncc(C(C)(C)C)o1.Cc1ncc(C(C)(C)C)s1.Cc1nocc1C(C)(C)C.Cc1nscc1C(C)(C)C. The molecule has 0 radical (unpaired) electrons. The average molecular weight is 1480 g/mol. The predicted molar refractivity (Wildman–Crippen MR) is 439 cm³/mol. The molecule has 10 heterocycles. The van der Waals surface area contributed by atoms with Crippen molar-refractivity contribution in [3.8, 4) is 0 Å². The van der Waals surface area contributed by atoms with E-state index in [1.54, 1.807) is 64.5 Å². The average Bonchev–Trinajstić information content (AvgIpc) is 1.69. The quantitative estimate of drug-likeness (QED) is 0.151. The molecule has 0 aromatic carbocycles. The summed E-state index contributed by atoms with van der Waals surface area (Å²) < 4.78 is 30.7. The zero-order chi connectivity index (χ0) is 79.3. The number of aromatic nitrogens is 10. The van der Waals surface area contributed by atoms with E-state index < -0.39 is 0 Å². The fourth-order valence-electron chi connectivity index (χ4n) is 8.89. The third kappa shape index (κ3) is 35.0. The van der Waals surface area contributed by atoms with Crippen molar-refractivity contribution in [3.63, 3.8) is 0 Å². The first-order valence-corrected chi connectivity index (χ1v) is 38.6. The summed E-state index contributed by atoms with van der Waals surface area (Å²) in [5.74, 6) is 3.38. The number of thiazole rings is 2.